The molecule has 22 heavy (non-hydrogen) atoms. The number of benzene rings is 1. The van der Waals surface area contributed by atoms with Crippen LogP contribution in [-0.2, 0) is 10.2 Å². The number of hydrogen-bond acceptors (Lipinski definition) is 2. The van der Waals surface area contributed by atoms with Crippen molar-refractivity contribution >= 4 is 26.7 Å². The Morgan fingerprint density at radius 2 is 1.95 bits per heavy atom. The largest absolute Gasteiger partial charge is 0.358 e. The lowest BCUT2D eigenvalue weighted by Crippen LogP contribution is -2.42. The first-order valence-corrected chi connectivity index (χ1v) is 8.75. The van der Waals surface area contributed by atoms with Crippen LogP contribution in [0.15, 0.2) is 30.3 Å². The minimum absolute atomic E-state index is 0.425. The predicted octanol–water partition coefficient (Wildman–Crippen LogP) is 2.37. The molecule has 2 aromatic rings. The number of hydrogen-bond donors (Lipinski definition) is 1. The van der Waals surface area contributed by atoms with Crippen LogP contribution in [0, 0.1) is 6.92 Å². The Labute approximate surface area is 131 Å². The van der Waals surface area contributed by atoms with Crippen LogP contribution in [0.3, 0.4) is 0 Å². The Kier molecular flexibility index (Phi) is 3.84. The molecule has 1 aromatic carbocycles. The zero-order chi connectivity index (χ0) is 15.9. The van der Waals surface area contributed by atoms with E-state index in [1.807, 2.05) is 18.2 Å². The van der Waals surface area contributed by atoms with E-state index in [-0.39, 0.29) is 0 Å². The van der Waals surface area contributed by atoms with Crippen molar-refractivity contribution in [2.75, 3.05) is 27.2 Å². The van der Waals surface area contributed by atoms with E-state index in [2.05, 4.69) is 24.0 Å². The number of fused-ring (bicyclic) bond motifs is 1. The zero-order valence-corrected chi connectivity index (χ0v) is 13.9. The second-order valence-corrected chi connectivity index (χ2v) is 7.94. The molecule has 118 valence electrons. The molecule has 1 aliphatic heterocycles. The molecular formula is C16H21N3O2S. The molecule has 0 saturated carbocycles. The van der Waals surface area contributed by atoms with E-state index < -0.39 is 10.2 Å². The van der Waals surface area contributed by atoms with Gasteiger partial charge in [-0.05, 0) is 25.0 Å². The third-order valence-corrected chi connectivity index (χ3v) is 6.08. The maximum atomic E-state index is 12.2. The molecule has 0 spiro atoms. The molecule has 1 aromatic heterocycles. The van der Waals surface area contributed by atoms with Crippen molar-refractivity contribution in [1.82, 2.24) is 13.6 Å². The van der Waals surface area contributed by atoms with E-state index in [0.29, 0.717) is 13.1 Å². The summed E-state index contributed by atoms with van der Waals surface area (Å²) >= 11 is 0. The van der Waals surface area contributed by atoms with Gasteiger partial charge in [-0.1, -0.05) is 24.3 Å². The summed E-state index contributed by atoms with van der Waals surface area (Å²) in [5, 5.41) is 1.20. The summed E-state index contributed by atoms with van der Waals surface area (Å²) in [6.07, 6.45) is 2.77. The lowest BCUT2D eigenvalue weighted by atomic mass is 9.97. The van der Waals surface area contributed by atoms with Crippen LogP contribution in [0.5, 0.6) is 0 Å². The highest BCUT2D eigenvalue weighted by Crippen LogP contribution is 2.32. The Morgan fingerprint density at radius 3 is 2.59 bits per heavy atom. The monoisotopic (exact) mass is 319 g/mol. The fourth-order valence-electron chi connectivity index (χ4n) is 3.01. The van der Waals surface area contributed by atoms with Gasteiger partial charge in [0.2, 0.25) is 0 Å². The SMILES string of the molecule is Cc1[nH]c2ccccc2c1C1=CCN(S(=O)(=O)N(C)C)CC1. The van der Waals surface area contributed by atoms with Crippen molar-refractivity contribution in [1.29, 1.82) is 0 Å². The normalized spacial score (nSPS) is 17.2. The highest BCUT2D eigenvalue weighted by atomic mass is 32.2. The predicted molar refractivity (Wildman–Crippen MR) is 89.8 cm³/mol. The van der Waals surface area contributed by atoms with Gasteiger partial charge in [0.05, 0.1) is 0 Å². The lowest BCUT2D eigenvalue weighted by Gasteiger charge is -2.28. The Morgan fingerprint density at radius 1 is 1.23 bits per heavy atom. The van der Waals surface area contributed by atoms with Gasteiger partial charge in [-0.25, -0.2) is 0 Å². The number of rotatable bonds is 3. The van der Waals surface area contributed by atoms with Gasteiger partial charge in [-0.3, -0.25) is 0 Å². The van der Waals surface area contributed by atoms with Gasteiger partial charge in [-0.15, -0.1) is 0 Å². The molecule has 0 radical (unpaired) electrons. The summed E-state index contributed by atoms with van der Waals surface area (Å²) in [5.41, 5.74) is 4.70. The summed E-state index contributed by atoms with van der Waals surface area (Å²) in [4.78, 5) is 3.40. The summed E-state index contributed by atoms with van der Waals surface area (Å²) in [6, 6.07) is 8.23. The topological polar surface area (TPSA) is 56.4 Å². The smallest absolute Gasteiger partial charge is 0.281 e. The van der Waals surface area contributed by atoms with Crippen LogP contribution in [-0.4, -0.2) is 49.2 Å². The summed E-state index contributed by atoms with van der Waals surface area (Å²) < 4.78 is 27.1. The van der Waals surface area contributed by atoms with Crippen molar-refractivity contribution in [3.05, 3.63) is 41.6 Å². The van der Waals surface area contributed by atoms with Crippen molar-refractivity contribution < 1.29 is 8.42 Å². The van der Waals surface area contributed by atoms with Gasteiger partial charge in [-0.2, -0.15) is 17.0 Å². The third-order valence-electron chi connectivity index (χ3n) is 4.17. The number of nitrogens with zero attached hydrogens (tertiary/aromatic N) is 2. The van der Waals surface area contributed by atoms with Crippen LogP contribution in [0.1, 0.15) is 17.7 Å². The van der Waals surface area contributed by atoms with Crippen LogP contribution in [0.2, 0.25) is 0 Å². The van der Waals surface area contributed by atoms with Gasteiger partial charge in [0.25, 0.3) is 10.2 Å². The Balaban J connectivity index is 1.95. The van der Waals surface area contributed by atoms with Crippen molar-refractivity contribution in [3.8, 4) is 0 Å². The summed E-state index contributed by atoms with van der Waals surface area (Å²) in [6.45, 7) is 3.01. The standard InChI is InChI=1S/C16H21N3O2S/c1-12-16(14-6-4-5-7-15(14)17-12)13-8-10-19(11-9-13)22(20,21)18(2)3/h4-8,17H,9-11H2,1-3H3. The maximum absolute atomic E-state index is 12.2. The van der Waals surface area contributed by atoms with Crippen LogP contribution >= 0.6 is 0 Å². The van der Waals surface area contributed by atoms with Gasteiger partial charge in [0.15, 0.2) is 0 Å². The molecule has 6 heteroatoms. The zero-order valence-electron chi connectivity index (χ0n) is 13.1. The van der Waals surface area contributed by atoms with E-state index >= 15 is 0 Å². The van der Waals surface area contributed by atoms with Gasteiger partial charge in [0, 0.05) is 49.3 Å². The quantitative estimate of drug-likeness (QED) is 0.944. The minimum Gasteiger partial charge on any atom is -0.358 e. The Bertz CT molecular complexity index is 834. The highest BCUT2D eigenvalue weighted by Gasteiger charge is 2.27. The number of aromatic amines is 1. The average Bonchev–Trinajstić information content (AvgIpc) is 2.83. The number of H-pyrrole nitrogens is 1. The number of nitrogens with one attached hydrogen (secondary N) is 1. The van der Waals surface area contributed by atoms with Crippen molar-refractivity contribution in [2.24, 2.45) is 0 Å². The van der Waals surface area contributed by atoms with Gasteiger partial charge >= 0.3 is 0 Å². The van der Waals surface area contributed by atoms with E-state index in [9.17, 15) is 8.42 Å². The molecule has 0 bridgehead atoms. The van der Waals surface area contributed by atoms with E-state index in [1.54, 1.807) is 14.1 Å². The molecule has 0 saturated heterocycles. The molecule has 0 aliphatic carbocycles. The van der Waals surface area contributed by atoms with Gasteiger partial charge in [0.1, 0.15) is 0 Å². The molecule has 2 heterocycles. The molecule has 3 rings (SSSR count). The second-order valence-electron chi connectivity index (χ2n) is 5.80. The highest BCUT2D eigenvalue weighted by molar-refractivity contribution is 7.86. The Hall–Kier alpha value is -1.63. The van der Waals surface area contributed by atoms with E-state index in [1.165, 1.54) is 25.1 Å². The van der Waals surface area contributed by atoms with Crippen LogP contribution in [0.4, 0.5) is 0 Å². The molecule has 5 nitrogen and oxygen atoms in total. The fraction of sp³-hybridized carbons (Fsp3) is 0.375. The van der Waals surface area contributed by atoms with E-state index in [4.69, 9.17) is 0 Å². The first-order chi connectivity index (χ1) is 10.4. The van der Waals surface area contributed by atoms with E-state index in [0.717, 1.165) is 17.6 Å². The van der Waals surface area contributed by atoms with Crippen LogP contribution in [0.25, 0.3) is 16.5 Å². The molecule has 1 aliphatic rings. The molecular weight excluding hydrogens is 298 g/mol. The number of aromatic nitrogens is 1. The van der Waals surface area contributed by atoms with Gasteiger partial charge < -0.3 is 4.98 Å². The average molecular weight is 319 g/mol. The van der Waals surface area contributed by atoms with Crippen LogP contribution < -0.4 is 0 Å². The molecule has 0 amide bonds. The fourth-order valence-corrected chi connectivity index (χ4v) is 4.06. The summed E-state index contributed by atoms with van der Waals surface area (Å²) in [7, 11) is -0.195. The first-order valence-electron chi connectivity index (χ1n) is 7.35. The molecule has 0 fully saturated rings. The number of aryl methyl sites for hydroxylation is 1. The number of para-hydroxylation sites is 1. The second kappa shape index (κ2) is 5.53. The first kappa shape index (κ1) is 15.3. The molecule has 1 N–H and O–H groups in total. The lowest BCUT2D eigenvalue weighted by molar-refractivity contribution is 0.397. The summed E-state index contributed by atoms with van der Waals surface area (Å²) in [5.74, 6) is 0. The minimum atomic E-state index is -3.33. The third kappa shape index (κ3) is 2.47. The van der Waals surface area contributed by atoms with Crippen molar-refractivity contribution in [3.63, 3.8) is 0 Å². The van der Waals surface area contributed by atoms with Crippen molar-refractivity contribution in [2.45, 2.75) is 13.3 Å². The molecule has 0 unspecified atom stereocenters. The molecule has 0 atom stereocenters. The maximum Gasteiger partial charge on any atom is 0.281 e.